The van der Waals surface area contributed by atoms with Crippen molar-refractivity contribution in [1.82, 2.24) is 5.32 Å². The van der Waals surface area contributed by atoms with E-state index in [9.17, 15) is 0 Å². The van der Waals surface area contributed by atoms with Crippen molar-refractivity contribution in [2.75, 3.05) is 13.7 Å². The number of nitrogens with one attached hydrogen (secondary N) is 1. The van der Waals surface area contributed by atoms with Gasteiger partial charge in [-0.15, -0.1) is 0 Å². The van der Waals surface area contributed by atoms with Crippen LogP contribution in [0.3, 0.4) is 0 Å². The Morgan fingerprint density at radius 3 is 2.62 bits per heavy atom. The summed E-state index contributed by atoms with van der Waals surface area (Å²) in [7, 11) is 1.73. The first-order valence-corrected chi connectivity index (χ1v) is 9.48. The minimum absolute atomic E-state index is 0.436. The van der Waals surface area contributed by atoms with Gasteiger partial charge in [-0.25, -0.2) is 0 Å². The molecule has 26 heavy (non-hydrogen) atoms. The van der Waals surface area contributed by atoms with Crippen LogP contribution in [0.25, 0.3) is 0 Å². The van der Waals surface area contributed by atoms with Crippen LogP contribution >= 0.6 is 0 Å². The lowest BCUT2D eigenvalue weighted by Gasteiger charge is -2.14. The first-order valence-electron chi connectivity index (χ1n) is 9.48. The van der Waals surface area contributed by atoms with E-state index in [1.165, 1.54) is 5.57 Å². The van der Waals surface area contributed by atoms with Gasteiger partial charge in [-0.1, -0.05) is 43.7 Å². The number of allylic oxidation sites excluding steroid dienone is 5. The van der Waals surface area contributed by atoms with Crippen LogP contribution in [0, 0.1) is 12.8 Å². The highest BCUT2D eigenvalue weighted by atomic mass is 16.5. The molecule has 0 aliphatic carbocycles. The lowest BCUT2D eigenvalue weighted by atomic mass is 10.1. The second kappa shape index (κ2) is 12.2. The molecule has 1 aromatic rings. The number of aryl methyl sites for hydroxylation is 2. The lowest BCUT2D eigenvalue weighted by molar-refractivity contribution is 0.292. The second-order valence-corrected chi connectivity index (χ2v) is 6.85. The number of hydrogen-bond acceptors (Lipinski definition) is 3. The average Bonchev–Trinajstić information content (AvgIpc) is 3.02. The van der Waals surface area contributed by atoms with Crippen molar-refractivity contribution in [3.63, 3.8) is 0 Å². The molecule has 0 radical (unpaired) electrons. The Bertz CT molecular complexity index is 645. The summed E-state index contributed by atoms with van der Waals surface area (Å²) in [6.07, 6.45) is 13.6. The molecule has 0 fully saturated rings. The molecule has 3 nitrogen and oxygen atoms in total. The maximum Gasteiger partial charge on any atom is 0.137 e. The summed E-state index contributed by atoms with van der Waals surface area (Å²) in [5.74, 6) is 3.37. The Morgan fingerprint density at radius 1 is 1.27 bits per heavy atom. The van der Waals surface area contributed by atoms with Gasteiger partial charge in [-0.2, -0.15) is 0 Å². The van der Waals surface area contributed by atoms with E-state index in [4.69, 9.17) is 9.15 Å². The molecule has 0 aliphatic rings. The van der Waals surface area contributed by atoms with Crippen LogP contribution in [-0.2, 0) is 11.2 Å². The van der Waals surface area contributed by atoms with Crippen molar-refractivity contribution >= 4 is 0 Å². The third-order valence-corrected chi connectivity index (χ3v) is 3.97. The van der Waals surface area contributed by atoms with Crippen molar-refractivity contribution in [2.45, 2.75) is 53.9 Å². The number of ether oxygens (including phenoxy) is 1. The molecular weight excluding hydrogens is 322 g/mol. The third-order valence-electron chi connectivity index (χ3n) is 3.97. The fraction of sp³-hybridized carbons (Fsp3) is 0.478. The quantitative estimate of drug-likeness (QED) is 0.295. The highest BCUT2D eigenvalue weighted by molar-refractivity contribution is 5.26. The topological polar surface area (TPSA) is 34.4 Å². The average molecular weight is 358 g/mol. The predicted molar refractivity (Wildman–Crippen MR) is 111 cm³/mol. The van der Waals surface area contributed by atoms with E-state index in [0.29, 0.717) is 5.92 Å². The zero-order valence-electron chi connectivity index (χ0n) is 17.3. The van der Waals surface area contributed by atoms with Crippen LogP contribution < -0.4 is 5.32 Å². The lowest BCUT2D eigenvalue weighted by Crippen LogP contribution is -2.16. The zero-order chi connectivity index (χ0) is 19.4. The van der Waals surface area contributed by atoms with Crippen molar-refractivity contribution in [3.05, 3.63) is 71.1 Å². The molecule has 1 rings (SSSR count). The second-order valence-electron chi connectivity index (χ2n) is 6.85. The standard InChI is InChI=1S/C23H35NO2/c1-7-8-16-24-22(23(25-6)17-18(2)3)11-9-10-19(4)12-14-21-15-13-20(5)26-21/h7-8,10-11,13,15,17-18,24H,9,12,14,16H2,1-6H3/b8-7-,19-10+,22-11-,23-17-. The maximum atomic E-state index is 5.63. The van der Waals surface area contributed by atoms with Crippen LogP contribution in [0.5, 0.6) is 0 Å². The van der Waals surface area contributed by atoms with Gasteiger partial charge in [-0.05, 0) is 57.7 Å². The number of methoxy groups -OCH3 is 1. The maximum absolute atomic E-state index is 5.63. The predicted octanol–water partition coefficient (Wildman–Crippen LogP) is 6.09. The number of rotatable bonds is 11. The molecule has 0 aliphatic heterocycles. The van der Waals surface area contributed by atoms with E-state index in [1.54, 1.807) is 7.11 Å². The van der Waals surface area contributed by atoms with Crippen LogP contribution in [0.1, 0.15) is 52.1 Å². The molecule has 0 amide bonds. The van der Waals surface area contributed by atoms with Gasteiger partial charge < -0.3 is 14.5 Å². The highest BCUT2D eigenvalue weighted by Gasteiger charge is 2.05. The minimum atomic E-state index is 0.436. The van der Waals surface area contributed by atoms with Crippen LogP contribution in [0.2, 0.25) is 0 Å². The summed E-state index contributed by atoms with van der Waals surface area (Å²) < 4.78 is 11.2. The van der Waals surface area contributed by atoms with E-state index in [-0.39, 0.29) is 0 Å². The fourth-order valence-electron chi connectivity index (χ4n) is 2.54. The minimum Gasteiger partial charge on any atom is -0.495 e. The first kappa shape index (κ1) is 21.9. The summed E-state index contributed by atoms with van der Waals surface area (Å²) in [5.41, 5.74) is 2.42. The summed E-state index contributed by atoms with van der Waals surface area (Å²) in [4.78, 5) is 0. The Hall–Kier alpha value is -2.16. The van der Waals surface area contributed by atoms with Gasteiger partial charge in [0.2, 0.25) is 0 Å². The largest absolute Gasteiger partial charge is 0.495 e. The Balaban J connectivity index is 2.71. The van der Waals surface area contributed by atoms with Gasteiger partial charge in [0, 0.05) is 13.0 Å². The van der Waals surface area contributed by atoms with E-state index < -0.39 is 0 Å². The summed E-state index contributed by atoms with van der Waals surface area (Å²) in [6.45, 7) is 11.3. The molecule has 0 atom stereocenters. The highest BCUT2D eigenvalue weighted by Crippen LogP contribution is 2.15. The van der Waals surface area contributed by atoms with Crippen LogP contribution in [0.15, 0.2) is 64.0 Å². The Labute approximate surface area is 159 Å². The molecule has 1 aromatic heterocycles. The van der Waals surface area contributed by atoms with Crippen molar-refractivity contribution in [2.24, 2.45) is 5.92 Å². The van der Waals surface area contributed by atoms with Gasteiger partial charge in [0.25, 0.3) is 0 Å². The molecule has 0 unspecified atom stereocenters. The Morgan fingerprint density at radius 2 is 2.04 bits per heavy atom. The molecule has 0 spiro atoms. The van der Waals surface area contributed by atoms with Crippen LogP contribution in [-0.4, -0.2) is 13.7 Å². The van der Waals surface area contributed by atoms with Gasteiger partial charge in [0.05, 0.1) is 12.8 Å². The van der Waals surface area contributed by atoms with E-state index in [2.05, 4.69) is 56.5 Å². The van der Waals surface area contributed by atoms with E-state index >= 15 is 0 Å². The molecule has 0 saturated carbocycles. The van der Waals surface area contributed by atoms with E-state index in [1.807, 2.05) is 26.0 Å². The zero-order valence-corrected chi connectivity index (χ0v) is 17.3. The normalized spacial score (nSPS) is 13.7. The number of hydrogen-bond donors (Lipinski definition) is 1. The van der Waals surface area contributed by atoms with Gasteiger partial charge >= 0.3 is 0 Å². The molecule has 0 saturated heterocycles. The molecule has 1 N–H and O–H groups in total. The third kappa shape index (κ3) is 8.80. The number of furan rings is 1. The SMILES string of the molecule is C/C=C\CNC(=C\C/C=C(\C)CCc1ccc(C)o1)/C(=C/C(C)C)OC. The molecule has 1 heterocycles. The van der Waals surface area contributed by atoms with Crippen molar-refractivity contribution in [1.29, 1.82) is 0 Å². The smallest absolute Gasteiger partial charge is 0.137 e. The molecule has 3 heteroatoms. The molecule has 144 valence electrons. The monoisotopic (exact) mass is 357 g/mol. The van der Waals surface area contributed by atoms with Crippen molar-refractivity contribution in [3.8, 4) is 0 Å². The first-order chi connectivity index (χ1) is 12.5. The van der Waals surface area contributed by atoms with Gasteiger partial charge in [-0.3, -0.25) is 0 Å². The Kier molecular flexibility index (Phi) is 10.3. The van der Waals surface area contributed by atoms with Gasteiger partial charge in [0.15, 0.2) is 0 Å². The fourth-order valence-corrected chi connectivity index (χ4v) is 2.54. The molecular formula is C23H35NO2. The summed E-state index contributed by atoms with van der Waals surface area (Å²) >= 11 is 0. The summed E-state index contributed by atoms with van der Waals surface area (Å²) in [6, 6.07) is 4.08. The van der Waals surface area contributed by atoms with E-state index in [0.717, 1.165) is 48.8 Å². The molecule has 0 aromatic carbocycles. The van der Waals surface area contributed by atoms with Crippen LogP contribution in [0.4, 0.5) is 0 Å². The van der Waals surface area contributed by atoms with Crippen molar-refractivity contribution < 1.29 is 9.15 Å². The van der Waals surface area contributed by atoms with Gasteiger partial charge in [0.1, 0.15) is 17.3 Å². The molecule has 0 bridgehead atoms. The summed E-state index contributed by atoms with van der Waals surface area (Å²) in [5, 5.41) is 3.45.